The molecule has 0 radical (unpaired) electrons. The second-order valence-corrected chi connectivity index (χ2v) is 7.87. The first kappa shape index (κ1) is 19.4. The van der Waals surface area contributed by atoms with Gasteiger partial charge in [0.25, 0.3) is 0 Å². The van der Waals surface area contributed by atoms with Crippen LogP contribution < -0.4 is 15.5 Å². The van der Waals surface area contributed by atoms with E-state index in [0.29, 0.717) is 6.54 Å². The second-order valence-electron chi connectivity index (χ2n) is 7.87. The van der Waals surface area contributed by atoms with Gasteiger partial charge in [0.15, 0.2) is 11.5 Å². The summed E-state index contributed by atoms with van der Waals surface area (Å²) in [4.78, 5) is 20.5. The van der Waals surface area contributed by atoms with Crippen molar-refractivity contribution in [1.29, 1.82) is 0 Å². The monoisotopic (exact) mass is 414 g/mol. The van der Waals surface area contributed by atoms with E-state index in [1.165, 1.54) is 0 Å². The van der Waals surface area contributed by atoms with Crippen LogP contribution in [0.4, 0.5) is 11.6 Å². The molecular formula is C23H26N8. The summed E-state index contributed by atoms with van der Waals surface area (Å²) in [6.45, 7) is 8.66. The molecule has 0 amide bonds. The molecule has 0 saturated carbocycles. The fourth-order valence-electron chi connectivity index (χ4n) is 4.07. The van der Waals surface area contributed by atoms with Crippen LogP contribution in [0, 0.1) is 13.8 Å². The number of aromatic nitrogens is 5. The van der Waals surface area contributed by atoms with Crippen LogP contribution in [0.1, 0.15) is 16.8 Å². The molecule has 0 atom stereocenters. The Bertz CT molecular complexity index is 1210. The predicted molar refractivity (Wildman–Crippen MR) is 122 cm³/mol. The molecule has 2 N–H and O–H groups in total. The Kier molecular flexibility index (Phi) is 5.21. The number of nitrogens with zero attached hydrogens (tertiary/aromatic N) is 6. The third-order valence-corrected chi connectivity index (χ3v) is 5.61. The third-order valence-electron chi connectivity index (χ3n) is 5.61. The smallest absolute Gasteiger partial charge is 0.181 e. The van der Waals surface area contributed by atoms with Gasteiger partial charge in [0, 0.05) is 68.8 Å². The van der Waals surface area contributed by atoms with E-state index in [1.807, 2.05) is 44.0 Å². The lowest BCUT2D eigenvalue weighted by Crippen LogP contribution is -2.44. The van der Waals surface area contributed by atoms with Crippen molar-refractivity contribution < 1.29 is 0 Å². The van der Waals surface area contributed by atoms with Crippen LogP contribution in [-0.4, -0.2) is 50.5 Å². The number of fused-ring (bicyclic) bond motifs is 1. The van der Waals surface area contributed by atoms with Gasteiger partial charge in [0.1, 0.15) is 5.82 Å². The van der Waals surface area contributed by atoms with E-state index in [9.17, 15) is 0 Å². The molecule has 0 aliphatic carbocycles. The largest absolute Gasteiger partial charge is 0.363 e. The molecule has 4 aromatic heterocycles. The first-order valence-electron chi connectivity index (χ1n) is 10.6. The number of hydrogen-bond donors (Lipinski definition) is 2. The lowest BCUT2D eigenvalue weighted by molar-refractivity contribution is 0.584. The normalized spacial score (nSPS) is 14.2. The molecule has 5 heterocycles. The van der Waals surface area contributed by atoms with Gasteiger partial charge >= 0.3 is 0 Å². The predicted octanol–water partition coefficient (Wildman–Crippen LogP) is 2.82. The Morgan fingerprint density at radius 1 is 1.00 bits per heavy atom. The third kappa shape index (κ3) is 3.94. The number of rotatable bonds is 5. The summed E-state index contributed by atoms with van der Waals surface area (Å²) in [6, 6.07) is 6.23. The van der Waals surface area contributed by atoms with Crippen molar-refractivity contribution >= 4 is 17.3 Å². The molecule has 8 nitrogen and oxygen atoms in total. The Hall–Kier alpha value is -3.52. The molecule has 4 aromatic rings. The standard InChI is InChI=1S/C23H26N8/c1-16-11-18(13-27-21(16)19-3-4-25-17(2)12-19)14-28-22-23-29-15-20(31(23)10-7-26-22)30-8-5-24-6-9-30/h3-4,7,10-13,15,24H,5-6,8-9,14H2,1-2H3,(H,26,28). The van der Waals surface area contributed by atoms with E-state index in [0.717, 1.165) is 71.5 Å². The second kappa shape index (κ2) is 8.31. The maximum atomic E-state index is 4.71. The molecule has 1 saturated heterocycles. The number of nitrogens with one attached hydrogen (secondary N) is 2. The molecule has 31 heavy (non-hydrogen) atoms. The van der Waals surface area contributed by atoms with E-state index in [-0.39, 0.29) is 0 Å². The van der Waals surface area contributed by atoms with Gasteiger partial charge in [-0.05, 0) is 37.1 Å². The van der Waals surface area contributed by atoms with Gasteiger partial charge in [0.05, 0.1) is 11.9 Å². The van der Waals surface area contributed by atoms with Gasteiger partial charge in [0.2, 0.25) is 0 Å². The van der Waals surface area contributed by atoms with E-state index in [2.05, 4.69) is 53.9 Å². The topological polar surface area (TPSA) is 83.3 Å². The minimum absolute atomic E-state index is 0.631. The van der Waals surface area contributed by atoms with Gasteiger partial charge in [-0.25, -0.2) is 9.97 Å². The molecule has 0 bridgehead atoms. The Morgan fingerprint density at radius 2 is 1.87 bits per heavy atom. The van der Waals surface area contributed by atoms with Crippen LogP contribution in [0.3, 0.4) is 0 Å². The lowest BCUT2D eigenvalue weighted by atomic mass is 10.1. The summed E-state index contributed by atoms with van der Waals surface area (Å²) < 4.78 is 2.11. The highest BCUT2D eigenvalue weighted by Crippen LogP contribution is 2.24. The zero-order chi connectivity index (χ0) is 21.2. The number of piperazine rings is 1. The van der Waals surface area contributed by atoms with Gasteiger partial charge in [-0.1, -0.05) is 6.07 Å². The average molecular weight is 415 g/mol. The van der Waals surface area contributed by atoms with Gasteiger partial charge in [-0.2, -0.15) is 0 Å². The fourth-order valence-corrected chi connectivity index (χ4v) is 4.07. The Balaban J connectivity index is 1.35. The molecular weight excluding hydrogens is 388 g/mol. The van der Waals surface area contributed by atoms with Crippen LogP contribution in [0.2, 0.25) is 0 Å². The molecule has 1 aliphatic rings. The van der Waals surface area contributed by atoms with Crippen LogP contribution in [0.15, 0.2) is 49.2 Å². The molecule has 158 valence electrons. The molecule has 0 spiro atoms. The van der Waals surface area contributed by atoms with Crippen molar-refractivity contribution in [3.05, 3.63) is 66.0 Å². The van der Waals surface area contributed by atoms with Crippen LogP contribution in [0.25, 0.3) is 16.9 Å². The maximum absolute atomic E-state index is 4.71. The zero-order valence-corrected chi connectivity index (χ0v) is 17.8. The van der Waals surface area contributed by atoms with E-state index < -0.39 is 0 Å². The summed E-state index contributed by atoms with van der Waals surface area (Å²) in [5.74, 6) is 1.88. The molecule has 1 fully saturated rings. The van der Waals surface area contributed by atoms with Crippen molar-refractivity contribution in [3.8, 4) is 11.3 Å². The summed E-state index contributed by atoms with van der Waals surface area (Å²) >= 11 is 0. The summed E-state index contributed by atoms with van der Waals surface area (Å²) in [7, 11) is 0. The number of imidazole rings is 1. The number of anilines is 2. The Labute approximate surface area is 181 Å². The minimum Gasteiger partial charge on any atom is -0.363 e. The molecule has 0 unspecified atom stereocenters. The van der Waals surface area contributed by atoms with Crippen molar-refractivity contribution in [2.45, 2.75) is 20.4 Å². The first-order valence-corrected chi connectivity index (χ1v) is 10.6. The van der Waals surface area contributed by atoms with Crippen molar-refractivity contribution in [3.63, 3.8) is 0 Å². The van der Waals surface area contributed by atoms with Crippen LogP contribution in [-0.2, 0) is 6.54 Å². The average Bonchev–Trinajstić information content (AvgIpc) is 3.23. The highest BCUT2D eigenvalue weighted by atomic mass is 15.3. The number of hydrogen-bond acceptors (Lipinski definition) is 7. The molecule has 5 rings (SSSR count). The van der Waals surface area contributed by atoms with Crippen molar-refractivity contribution in [1.82, 2.24) is 29.7 Å². The minimum atomic E-state index is 0.631. The van der Waals surface area contributed by atoms with Gasteiger partial charge in [-0.3, -0.25) is 14.4 Å². The van der Waals surface area contributed by atoms with Crippen molar-refractivity contribution in [2.24, 2.45) is 0 Å². The first-order chi connectivity index (χ1) is 15.2. The highest BCUT2D eigenvalue weighted by Gasteiger charge is 2.16. The number of pyridine rings is 2. The maximum Gasteiger partial charge on any atom is 0.181 e. The summed E-state index contributed by atoms with van der Waals surface area (Å²) in [5, 5.41) is 6.83. The van der Waals surface area contributed by atoms with E-state index in [4.69, 9.17) is 4.98 Å². The summed E-state index contributed by atoms with van der Waals surface area (Å²) in [6.07, 6.45) is 9.48. The SMILES string of the molecule is Cc1cc(-c2ncc(CNc3nccn4c(N5CCNCC5)cnc34)cc2C)ccn1. The van der Waals surface area contributed by atoms with E-state index >= 15 is 0 Å². The molecule has 8 heteroatoms. The summed E-state index contributed by atoms with van der Waals surface area (Å²) in [5.41, 5.74) is 6.15. The molecule has 1 aliphatic heterocycles. The zero-order valence-electron chi connectivity index (χ0n) is 17.8. The highest BCUT2D eigenvalue weighted by molar-refractivity contribution is 5.67. The Morgan fingerprint density at radius 3 is 2.68 bits per heavy atom. The lowest BCUT2D eigenvalue weighted by Gasteiger charge is -2.28. The quantitative estimate of drug-likeness (QED) is 0.520. The van der Waals surface area contributed by atoms with Crippen LogP contribution in [0.5, 0.6) is 0 Å². The van der Waals surface area contributed by atoms with Gasteiger partial charge < -0.3 is 15.5 Å². The van der Waals surface area contributed by atoms with E-state index in [1.54, 1.807) is 0 Å². The number of aryl methyl sites for hydroxylation is 2. The van der Waals surface area contributed by atoms with Gasteiger partial charge in [-0.15, -0.1) is 0 Å². The molecule has 0 aromatic carbocycles. The van der Waals surface area contributed by atoms with Crippen molar-refractivity contribution in [2.75, 3.05) is 36.4 Å². The van der Waals surface area contributed by atoms with Crippen LogP contribution >= 0.6 is 0 Å². The fraction of sp³-hybridized carbons (Fsp3) is 0.304.